The highest BCUT2D eigenvalue weighted by molar-refractivity contribution is 14.1. The van der Waals surface area contributed by atoms with Gasteiger partial charge in [0.2, 0.25) is 0 Å². The number of ether oxygens (including phenoxy) is 1. The Labute approximate surface area is 132 Å². The van der Waals surface area contributed by atoms with Crippen LogP contribution >= 0.6 is 22.6 Å². The third-order valence-corrected chi connectivity index (χ3v) is 3.17. The number of hydrogen-bond acceptors (Lipinski definition) is 4. The number of aromatic nitrogens is 1. The van der Waals surface area contributed by atoms with E-state index in [2.05, 4.69) is 32.9 Å². The first-order valence-electron chi connectivity index (χ1n) is 6.41. The van der Waals surface area contributed by atoms with Crippen LogP contribution in [0.15, 0.2) is 18.3 Å². The standard InChI is InChI=1S/C14H19IN2O3/c1-10(2)20-7-3-6-16-14-12(15)8-11(9-17-14)4-5-13(18)19/h4-5,8-10H,3,6-7H2,1-2H3,(H,16,17)(H,18,19)/b5-4+. The third kappa shape index (κ3) is 6.85. The molecule has 0 spiro atoms. The van der Waals surface area contributed by atoms with Crippen molar-refractivity contribution >= 4 is 40.5 Å². The highest BCUT2D eigenvalue weighted by Gasteiger charge is 2.02. The van der Waals surface area contributed by atoms with E-state index in [9.17, 15) is 4.79 Å². The van der Waals surface area contributed by atoms with Crippen LogP contribution < -0.4 is 5.32 Å². The summed E-state index contributed by atoms with van der Waals surface area (Å²) >= 11 is 2.18. The van der Waals surface area contributed by atoms with Gasteiger partial charge in [-0.1, -0.05) is 0 Å². The summed E-state index contributed by atoms with van der Waals surface area (Å²) in [5, 5.41) is 11.8. The topological polar surface area (TPSA) is 71.5 Å². The summed E-state index contributed by atoms with van der Waals surface area (Å²) < 4.78 is 6.41. The van der Waals surface area contributed by atoms with Crippen molar-refractivity contribution in [3.05, 3.63) is 27.5 Å². The van der Waals surface area contributed by atoms with E-state index in [-0.39, 0.29) is 6.10 Å². The Morgan fingerprint density at radius 1 is 1.60 bits per heavy atom. The zero-order valence-corrected chi connectivity index (χ0v) is 13.8. The molecule has 0 aliphatic rings. The molecule has 2 N–H and O–H groups in total. The Balaban J connectivity index is 2.45. The van der Waals surface area contributed by atoms with Crippen molar-refractivity contribution in [1.29, 1.82) is 0 Å². The van der Waals surface area contributed by atoms with E-state index in [0.717, 1.165) is 40.6 Å². The summed E-state index contributed by atoms with van der Waals surface area (Å²) in [7, 11) is 0. The molecule has 20 heavy (non-hydrogen) atoms. The van der Waals surface area contributed by atoms with Gasteiger partial charge < -0.3 is 15.2 Å². The van der Waals surface area contributed by atoms with E-state index in [1.165, 1.54) is 6.08 Å². The van der Waals surface area contributed by atoms with Crippen LogP contribution in [-0.4, -0.2) is 35.3 Å². The van der Waals surface area contributed by atoms with Gasteiger partial charge >= 0.3 is 5.97 Å². The molecule has 0 fully saturated rings. The summed E-state index contributed by atoms with van der Waals surface area (Å²) in [6, 6.07) is 1.89. The third-order valence-electron chi connectivity index (χ3n) is 2.35. The van der Waals surface area contributed by atoms with E-state index in [1.54, 1.807) is 6.20 Å². The molecular formula is C14H19IN2O3. The largest absolute Gasteiger partial charge is 0.478 e. The summed E-state index contributed by atoms with van der Waals surface area (Å²) in [5.41, 5.74) is 0.769. The number of anilines is 1. The van der Waals surface area contributed by atoms with Crippen LogP contribution in [0.4, 0.5) is 5.82 Å². The molecule has 1 rings (SSSR count). The second kappa shape index (κ2) is 8.91. The zero-order chi connectivity index (χ0) is 15.0. The SMILES string of the molecule is CC(C)OCCCNc1ncc(/C=C/C(=O)O)cc1I. The molecule has 0 radical (unpaired) electrons. The molecule has 0 saturated carbocycles. The second-order valence-corrected chi connectivity index (χ2v) is 5.63. The first-order valence-corrected chi connectivity index (χ1v) is 7.49. The van der Waals surface area contributed by atoms with Gasteiger partial charge in [0.25, 0.3) is 0 Å². The lowest BCUT2D eigenvalue weighted by atomic mass is 10.2. The Hall–Kier alpha value is -1.15. The highest BCUT2D eigenvalue weighted by atomic mass is 127. The predicted octanol–water partition coefficient (Wildman–Crippen LogP) is 3.01. The molecule has 5 nitrogen and oxygen atoms in total. The average Bonchev–Trinajstić information content (AvgIpc) is 2.37. The lowest BCUT2D eigenvalue weighted by Gasteiger charge is -2.10. The molecule has 0 bridgehead atoms. The molecular weight excluding hydrogens is 371 g/mol. The number of carbonyl (C=O) groups is 1. The van der Waals surface area contributed by atoms with Gasteiger partial charge in [-0.25, -0.2) is 9.78 Å². The van der Waals surface area contributed by atoms with Crippen LogP contribution in [0.1, 0.15) is 25.8 Å². The normalized spacial score (nSPS) is 11.2. The molecule has 0 aliphatic heterocycles. The Bertz CT molecular complexity index is 475. The predicted molar refractivity (Wildman–Crippen MR) is 87.8 cm³/mol. The molecule has 1 aromatic heterocycles. The van der Waals surface area contributed by atoms with Crippen LogP contribution in [0.25, 0.3) is 6.08 Å². The quantitative estimate of drug-likeness (QED) is 0.406. The van der Waals surface area contributed by atoms with Gasteiger partial charge in [-0.05, 0) is 60.6 Å². The van der Waals surface area contributed by atoms with Crippen molar-refractivity contribution in [2.75, 3.05) is 18.5 Å². The summed E-state index contributed by atoms with van der Waals surface area (Å²) in [6.07, 6.45) is 5.44. The number of aliphatic carboxylic acids is 1. The van der Waals surface area contributed by atoms with Crippen molar-refractivity contribution in [1.82, 2.24) is 4.98 Å². The number of halogens is 1. The molecule has 0 aromatic carbocycles. The lowest BCUT2D eigenvalue weighted by molar-refractivity contribution is -0.131. The van der Waals surface area contributed by atoms with Crippen LogP contribution in [0.5, 0.6) is 0 Å². The van der Waals surface area contributed by atoms with Crippen molar-refractivity contribution in [2.45, 2.75) is 26.4 Å². The summed E-state index contributed by atoms with van der Waals surface area (Å²) in [6.45, 7) is 5.54. The minimum atomic E-state index is -0.965. The molecule has 1 aromatic rings. The fourth-order valence-corrected chi connectivity index (χ4v) is 2.13. The van der Waals surface area contributed by atoms with Gasteiger partial charge in [0.05, 0.1) is 9.67 Å². The maximum atomic E-state index is 10.4. The number of carboxylic acids is 1. The van der Waals surface area contributed by atoms with Crippen molar-refractivity contribution < 1.29 is 14.6 Å². The van der Waals surface area contributed by atoms with Crippen LogP contribution in [0.3, 0.4) is 0 Å². The number of carboxylic acid groups (broad SMARTS) is 1. The highest BCUT2D eigenvalue weighted by Crippen LogP contribution is 2.17. The van der Waals surface area contributed by atoms with E-state index < -0.39 is 5.97 Å². The van der Waals surface area contributed by atoms with Crippen molar-refractivity contribution in [3.63, 3.8) is 0 Å². The van der Waals surface area contributed by atoms with E-state index in [1.807, 2.05) is 19.9 Å². The van der Waals surface area contributed by atoms with Crippen LogP contribution in [0, 0.1) is 3.57 Å². The van der Waals surface area contributed by atoms with Crippen LogP contribution in [-0.2, 0) is 9.53 Å². The van der Waals surface area contributed by atoms with E-state index in [4.69, 9.17) is 9.84 Å². The first kappa shape index (κ1) is 16.9. The fraction of sp³-hybridized carbons (Fsp3) is 0.429. The average molecular weight is 390 g/mol. The van der Waals surface area contributed by atoms with Gasteiger partial charge in [0, 0.05) is 25.4 Å². The minimum absolute atomic E-state index is 0.258. The molecule has 110 valence electrons. The van der Waals surface area contributed by atoms with Gasteiger partial charge in [0.1, 0.15) is 5.82 Å². The lowest BCUT2D eigenvalue weighted by Crippen LogP contribution is -2.10. The molecule has 6 heteroatoms. The zero-order valence-electron chi connectivity index (χ0n) is 11.6. The molecule has 0 unspecified atom stereocenters. The molecule has 0 atom stereocenters. The van der Waals surface area contributed by atoms with E-state index >= 15 is 0 Å². The Morgan fingerprint density at radius 3 is 2.95 bits per heavy atom. The minimum Gasteiger partial charge on any atom is -0.478 e. The summed E-state index contributed by atoms with van der Waals surface area (Å²) in [4.78, 5) is 14.7. The van der Waals surface area contributed by atoms with Crippen LogP contribution in [0.2, 0.25) is 0 Å². The molecule has 0 saturated heterocycles. The summed E-state index contributed by atoms with van der Waals surface area (Å²) in [5.74, 6) is -0.157. The molecule has 0 aliphatic carbocycles. The number of pyridine rings is 1. The molecule has 0 amide bonds. The second-order valence-electron chi connectivity index (χ2n) is 4.47. The Kier molecular flexibility index (Phi) is 7.53. The van der Waals surface area contributed by atoms with Crippen molar-refractivity contribution in [2.24, 2.45) is 0 Å². The Morgan fingerprint density at radius 2 is 2.35 bits per heavy atom. The smallest absolute Gasteiger partial charge is 0.328 e. The van der Waals surface area contributed by atoms with Gasteiger partial charge in [-0.15, -0.1) is 0 Å². The van der Waals surface area contributed by atoms with Gasteiger partial charge in [-0.3, -0.25) is 0 Å². The number of nitrogens with one attached hydrogen (secondary N) is 1. The van der Waals surface area contributed by atoms with E-state index in [0.29, 0.717) is 0 Å². The van der Waals surface area contributed by atoms with Gasteiger partial charge in [-0.2, -0.15) is 0 Å². The molecule has 1 heterocycles. The monoisotopic (exact) mass is 390 g/mol. The number of hydrogen-bond donors (Lipinski definition) is 2. The maximum absolute atomic E-state index is 10.4. The first-order chi connectivity index (χ1) is 9.49. The fourth-order valence-electron chi connectivity index (χ4n) is 1.44. The number of nitrogens with zero attached hydrogens (tertiary/aromatic N) is 1. The van der Waals surface area contributed by atoms with Gasteiger partial charge in [0.15, 0.2) is 0 Å². The number of rotatable bonds is 8. The maximum Gasteiger partial charge on any atom is 0.328 e. The van der Waals surface area contributed by atoms with Crippen molar-refractivity contribution in [3.8, 4) is 0 Å².